The number of anilines is 3. The molecule has 1 aliphatic heterocycles. The number of hydrogen-bond acceptors (Lipinski definition) is 5. The van der Waals surface area contributed by atoms with E-state index in [-0.39, 0.29) is 18.1 Å². The van der Waals surface area contributed by atoms with Crippen LogP contribution in [0.5, 0.6) is 0 Å². The number of hydrogen-bond donors (Lipinski definition) is 0. The summed E-state index contributed by atoms with van der Waals surface area (Å²) in [6.07, 6.45) is 1.70. The highest BCUT2D eigenvalue weighted by Gasteiger charge is 2.27. The SMILES string of the molecule is CN1C(=O)Cc2c(F)cc(-c3cccc(N(C)c4nc5nncn5c5cc(Cl)ccc45)c3)cc21. The standard InChI is InChI=1S/C25H18ClFN6O/c1-31(24-18-7-6-16(26)11-22(18)33-13-28-30-25(33)29-24)17-5-3-4-14(8-17)15-9-20(27)19-12-23(34)32(2)21(19)10-15/h3-11,13H,12H2,1-2H3. The summed E-state index contributed by atoms with van der Waals surface area (Å²) < 4.78 is 16.6. The summed E-state index contributed by atoms with van der Waals surface area (Å²) in [7, 11) is 3.59. The monoisotopic (exact) mass is 472 g/mol. The van der Waals surface area contributed by atoms with E-state index >= 15 is 0 Å². The van der Waals surface area contributed by atoms with Crippen molar-refractivity contribution in [3.63, 3.8) is 0 Å². The van der Waals surface area contributed by atoms with Crippen molar-refractivity contribution in [2.75, 3.05) is 23.9 Å². The lowest BCUT2D eigenvalue weighted by atomic mass is 10.0. The maximum Gasteiger partial charge on any atom is 0.257 e. The molecule has 6 rings (SSSR count). The van der Waals surface area contributed by atoms with Crippen molar-refractivity contribution in [3.8, 4) is 11.1 Å². The number of nitrogens with zero attached hydrogens (tertiary/aromatic N) is 6. The number of likely N-dealkylation sites (N-methyl/N-ethyl adjacent to an activating group) is 1. The molecule has 0 unspecified atom stereocenters. The molecule has 0 N–H and O–H groups in total. The van der Waals surface area contributed by atoms with Crippen LogP contribution in [0.2, 0.25) is 5.02 Å². The van der Waals surface area contributed by atoms with Gasteiger partial charge in [0.25, 0.3) is 5.78 Å². The Bertz CT molecular complexity index is 1630. The van der Waals surface area contributed by atoms with Crippen molar-refractivity contribution < 1.29 is 9.18 Å². The normalized spacial score (nSPS) is 13.2. The maximum absolute atomic E-state index is 14.8. The van der Waals surface area contributed by atoms with Crippen molar-refractivity contribution in [1.82, 2.24) is 19.6 Å². The molecule has 0 radical (unpaired) electrons. The van der Waals surface area contributed by atoms with Crippen molar-refractivity contribution in [2.24, 2.45) is 0 Å². The molecule has 2 aromatic heterocycles. The molecule has 5 aromatic rings. The summed E-state index contributed by atoms with van der Waals surface area (Å²) in [6.45, 7) is 0. The first kappa shape index (κ1) is 20.6. The first-order chi connectivity index (χ1) is 16.4. The van der Waals surface area contributed by atoms with Gasteiger partial charge in [0.05, 0.1) is 17.6 Å². The predicted octanol–water partition coefficient (Wildman–Crippen LogP) is 5.02. The van der Waals surface area contributed by atoms with Gasteiger partial charge in [-0.05, 0) is 53.6 Å². The third kappa shape index (κ3) is 3.10. The van der Waals surface area contributed by atoms with Crippen LogP contribution in [-0.2, 0) is 11.2 Å². The Kier molecular flexibility index (Phi) is 4.53. The fourth-order valence-electron chi connectivity index (χ4n) is 4.46. The van der Waals surface area contributed by atoms with Gasteiger partial charge in [0.2, 0.25) is 5.91 Å². The van der Waals surface area contributed by atoms with Gasteiger partial charge in [-0.1, -0.05) is 23.7 Å². The van der Waals surface area contributed by atoms with Crippen molar-refractivity contribution in [3.05, 3.63) is 77.3 Å². The van der Waals surface area contributed by atoms with Gasteiger partial charge in [-0.3, -0.25) is 9.20 Å². The number of carbonyl (C=O) groups is 1. The van der Waals surface area contributed by atoms with E-state index in [2.05, 4.69) is 10.2 Å². The summed E-state index contributed by atoms with van der Waals surface area (Å²) in [5.74, 6) is 0.670. The molecule has 1 aliphatic rings. The minimum Gasteiger partial charge on any atom is -0.329 e. The van der Waals surface area contributed by atoms with Crippen LogP contribution in [0.4, 0.5) is 21.6 Å². The largest absolute Gasteiger partial charge is 0.329 e. The van der Waals surface area contributed by atoms with Crippen molar-refractivity contribution in [2.45, 2.75) is 6.42 Å². The molecule has 0 spiro atoms. The molecule has 1 amide bonds. The average molecular weight is 473 g/mol. The smallest absolute Gasteiger partial charge is 0.257 e. The predicted molar refractivity (Wildman–Crippen MR) is 130 cm³/mol. The number of aromatic nitrogens is 4. The summed E-state index contributed by atoms with van der Waals surface area (Å²) in [4.78, 5) is 20.2. The molecule has 34 heavy (non-hydrogen) atoms. The Morgan fingerprint density at radius 2 is 1.94 bits per heavy atom. The van der Waals surface area contributed by atoms with Crippen LogP contribution in [-0.4, -0.2) is 39.6 Å². The zero-order valence-electron chi connectivity index (χ0n) is 18.3. The Labute approximate surface area is 199 Å². The number of fused-ring (bicyclic) bond motifs is 4. The van der Waals surface area contributed by atoms with E-state index in [0.29, 0.717) is 33.4 Å². The second-order valence-corrected chi connectivity index (χ2v) is 8.73. The van der Waals surface area contributed by atoms with Gasteiger partial charge in [0.15, 0.2) is 0 Å². The van der Waals surface area contributed by atoms with E-state index in [1.807, 2.05) is 60.5 Å². The molecule has 0 fully saturated rings. The zero-order chi connectivity index (χ0) is 23.6. The third-order valence-corrected chi connectivity index (χ3v) is 6.55. The van der Waals surface area contributed by atoms with Gasteiger partial charge < -0.3 is 9.80 Å². The van der Waals surface area contributed by atoms with Gasteiger partial charge in [0.1, 0.15) is 18.0 Å². The van der Waals surface area contributed by atoms with E-state index in [9.17, 15) is 9.18 Å². The molecule has 0 atom stereocenters. The van der Waals surface area contributed by atoms with E-state index in [1.165, 1.54) is 11.0 Å². The molecule has 9 heteroatoms. The van der Waals surface area contributed by atoms with Gasteiger partial charge >= 0.3 is 0 Å². The molecule has 3 aromatic carbocycles. The topological polar surface area (TPSA) is 66.6 Å². The number of benzene rings is 3. The molecule has 0 bridgehead atoms. The molecule has 0 aliphatic carbocycles. The zero-order valence-corrected chi connectivity index (χ0v) is 19.1. The molecular formula is C25H18ClFN6O. The fraction of sp³-hybridized carbons (Fsp3) is 0.120. The van der Waals surface area contributed by atoms with Crippen molar-refractivity contribution in [1.29, 1.82) is 0 Å². The number of carbonyl (C=O) groups excluding carboxylic acids is 1. The van der Waals surface area contributed by atoms with Crippen LogP contribution in [0.25, 0.3) is 27.8 Å². The van der Waals surface area contributed by atoms with Gasteiger partial charge in [-0.15, -0.1) is 10.2 Å². The van der Waals surface area contributed by atoms with Gasteiger partial charge in [-0.25, -0.2) is 4.39 Å². The van der Waals surface area contributed by atoms with Crippen LogP contribution in [0, 0.1) is 5.82 Å². The van der Waals surface area contributed by atoms with E-state index in [0.717, 1.165) is 22.2 Å². The number of rotatable bonds is 3. The second-order valence-electron chi connectivity index (χ2n) is 8.29. The Morgan fingerprint density at radius 3 is 2.79 bits per heavy atom. The lowest BCUT2D eigenvalue weighted by molar-refractivity contribution is -0.117. The fourth-order valence-corrected chi connectivity index (χ4v) is 4.63. The quantitative estimate of drug-likeness (QED) is 0.368. The summed E-state index contributed by atoms with van der Waals surface area (Å²) in [5, 5.41) is 9.58. The highest BCUT2D eigenvalue weighted by Crippen LogP contribution is 2.37. The lowest BCUT2D eigenvalue weighted by Gasteiger charge is -2.21. The lowest BCUT2D eigenvalue weighted by Crippen LogP contribution is -2.20. The molecule has 0 saturated carbocycles. The van der Waals surface area contributed by atoms with Gasteiger partial charge in [-0.2, -0.15) is 4.98 Å². The molecular weight excluding hydrogens is 455 g/mol. The molecule has 7 nitrogen and oxygen atoms in total. The number of amides is 1. The van der Waals surface area contributed by atoms with E-state index < -0.39 is 0 Å². The van der Waals surface area contributed by atoms with Crippen LogP contribution in [0.1, 0.15) is 5.56 Å². The highest BCUT2D eigenvalue weighted by molar-refractivity contribution is 6.31. The summed E-state index contributed by atoms with van der Waals surface area (Å²) in [6, 6.07) is 16.7. The third-order valence-electron chi connectivity index (χ3n) is 6.32. The van der Waals surface area contributed by atoms with Crippen LogP contribution >= 0.6 is 11.6 Å². The average Bonchev–Trinajstić information content (AvgIpc) is 3.43. The van der Waals surface area contributed by atoms with Crippen LogP contribution < -0.4 is 9.80 Å². The first-order valence-corrected chi connectivity index (χ1v) is 11.0. The molecule has 3 heterocycles. The number of halogens is 2. The highest BCUT2D eigenvalue weighted by atomic mass is 35.5. The minimum atomic E-state index is -0.370. The van der Waals surface area contributed by atoms with Gasteiger partial charge in [0, 0.05) is 35.8 Å². The summed E-state index contributed by atoms with van der Waals surface area (Å²) in [5.41, 5.74) is 4.28. The molecule has 0 saturated heterocycles. The molecule has 168 valence electrons. The second kappa shape index (κ2) is 7.50. The van der Waals surface area contributed by atoms with Crippen molar-refractivity contribution >= 4 is 51.4 Å². The van der Waals surface area contributed by atoms with Crippen LogP contribution in [0.15, 0.2) is 60.9 Å². The Balaban J connectivity index is 1.46. The maximum atomic E-state index is 14.8. The van der Waals surface area contributed by atoms with Crippen LogP contribution in [0.3, 0.4) is 0 Å². The minimum absolute atomic E-state index is 0.0919. The Hall–Kier alpha value is -4.04. The Morgan fingerprint density at radius 1 is 1.09 bits per heavy atom. The summed E-state index contributed by atoms with van der Waals surface area (Å²) >= 11 is 6.25. The first-order valence-electron chi connectivity index (χ1n) is 10.6. The van der Waals surface area contributed by atoms with E-state index in [1.54, 1.807) is 17.8 Å². The van der Waals surface area contributed by atoms with E-state index in [4.69, 9.17) is 16.6 Å².